The predicted octanol–water partition coefficient (Wildman–Crippen LogP) is 2.22. The van der Waals surface area contributed by atoms with Gasteiger partial charge in [0.2, 0.25) is 0 Å². The van der Waals surface area contributed by atoms with E-state index >= 15 is 0 Å². The van der Waals surface area contributed by atoms with Crippen LogP contribution in [0.1, 0.15) is 31.2 Å². The number of nitrogens with one attached hydrogen (secondary N) is 2. The van der Waals surface area contributed by atoms with Gasteiger partial charge in [-0.15, -0.1) is 11.3 Å². The lowest BCUT2D eigenvalue weighted by Gasteiger charge is -2.18. The van der Waals surface area contributed by atoms with Crippen molar-refractivity contribution in [3.8, 4) is 0 Å². The molecular formula is C13H20N2O3S. The van der Waals surface area contributed by atoms with Crippen LogP contribution in [0.25, 0.3) is 0 Å². The summed E-state index contributed by atoms with van der Waals surface area (Å²) in [5.41, 5.74) is 1.21. The van der Waals surface area contributed by atoms with E-state index in [2.05, 4.69) is 17.6 Å². The number of urea groups is 1. The van der Waals surface area contributed by atoms with Crippen molar-refractivity contribution in [1.29, 1.82) is 0 Å². The molecule has 0 aliphatic rings. The zero-order chi connectivity index (χ0) is 14.4. The Morgan fingerprint density at radius 2 is 2.11 bits per heavy atom. The highest BCUT2D eigenvalue weighted by molar-refractivity contribution is 7.10. The fraction of sp³-hybridized carbons (Fsp3) is 0.538. The zero-order valence-corrected chi connectivity index (χ0v) is 12.2. The van der Waals surface area contributed by atoms with Crippen LogP contribution in [0.3, 0.4) is 0 Å². The van der Waals surface area contributed by atoms with E-state index in [4.69, 9.17) is 5.11 Å². The fourth-order valence-electron chi connectivity index (χ4n) is 1.70. The molecule has 0 saturated carbocycles. The minimum atomic E-state index is -1.02. The third-order valence-corrected chi connectivity index (χ3v) is 3.81. The van der Waals surface area contributed by atoms with Gasteiger partial charge in [-0.25, -0.2) is 9.59 Å². The molecule has 1 heterocycles. The molecule has 0 aromatic carbocycles. The van der Waals surface area contributed by atoms with Gasteiger partial charge in [0.05, 0.1) is 6.54 Å². The highest BCUT2D eigenvalue weighted by atomic mass is 32.1. The number of amides is 2. The van der Waals surface area contributed by atoms with Gasteiger partial charge in [-0.05, 0) is 29.3 Å². The van der Waals surface area contributed by atoms with Gasteiger partial charge in [0.15, 0.2) is 0 Å². The Morgan fingerprint density at radius 1 is 1.42 bits per heavy atom. The molecular weight excluding hydrogens is 264 g/mol. The number of aliphatic carboxylic acids is 1. The summed E-state index contributed by atoms with van der Waals surface area (Å²) < 4.78 is 0. The van der Waals surface area contributed by atoms with Crippen LogP contribution in [0.5, 0.6) is 0 Å². The molecule has 106 valence electrons. The van der Waals surface area contributed by atoms with E-state index in [1.165, 1.54) is 5.56 Å². The molecule has 1 aromatic rings. The second kappa shape index (κ2) is 7.13. The van der Waals surface area contributed by atoms with Gasteiger partial charge in [-0.3, -0.25) is 0 Å². The molecule has 0 spiro atoms. The third-order valence-electron chi connectivity index (χ3n) is 2.85. The topological polar surface area (TPSA) is 78.4 Å². The quantitative estimate of drug-likeness (QED) is 0.749. The summed E-state index contributed by atoms with van der Waals surface area (Å²) in [6.45, 7) is 6.00. The third kappa shape index (κ3) is 4.55. The average Bonchev–Trinajstić information content (AvgIpc) is 2.79. The van der Waals surface area contributed by atoms with Gasteiger partial charge in [0.1, 0.15) is 6.04 Å². The van der Waals surface area contributed by atoms with E-state index in [1.54, 1.807) is 25.2 Å². The minimum absolute atomic E-state index is 0.156. The van der Waals surface area contributed by atoms with Crippen molar-refractivity contribution in [2.75, 3.05) is 0 Å². The van der Waals surface area contributed by atoms with Gasteiger partial charge in [-0.2, -0.15) is 0 Å². The van der Waals surface area contributed by atoms with Gasteiger partial charge in [-0.1, -0.05) is 20.8 Å². The second-order valence-electron chi connectivity index (χ2n) is 4.61. The largest absolute Gasteiger partial charge is 0.480 e. The van der Waals surface area contributed by atoms with Gasteiger partial charge >= 0.3 is 12.0 Å². The summed E-state index contributed by atoms with van der Waals surface area (Å²) in [7, 11) is 0. The molecule has 5 nitrogen and oxygen atoms in total. The molecule has 6 heteroatoms. The van der Waals surface area contributed by atoms with E-state index in [0.717, 1.165) is 11.3 Å². The van der Waals surface area contributed by atoms with E-state index < -0.39 is 18.0 Å². The summed E-state index contributed by atoms with van der Waals surface area (Å²) in [6.07, 6.45) is 0.922. The molecule has 0 bridgehead atoms. The number of aryl methyl sites for hydroxylation is 1. The van der Waals surface area contributed by atoms with Gasteiger partial charge in [0.25, 0.3) is 0 Å². The van der Waals surface area contributed by atoms with Crippen LogP contribution in [-0.4, -0.2) is 23.1 Å². The van der Waals surface area contributed by atoms with Crippen molar-refractivity contribution in [3.05, 3.63) is 21.9 Å². The zero-order valence-electron chi connectivity index (χ0n) is 11.4. The van der Waals surface area contributed by atoms with Gasteiger partial charge < -0.3 is 15.7 Å². The number of hydrogen-bond acceptors (Lipinski definition) is 3. The molecule has 0 saturated heterocycles. The first-order chi connectivity index (χ1) is 8.95. The lowest BCUT2D eigenvalue weighted by atomic mass is 10.1. The smallest absolute Gasteiger partial charge is 0.326 e. The van der Waals surface area contributed by atoms with Crippen LogP contribution in [-0.2, 0) is 17.8 Å². The van der Waals surface area contributed by atoms with Crippen molar-refractivity contribution in [2.45, 2.75) is 39.8 Å². The predicted molar refractivity (Wildman–Crippen MR) is 75.3 cm³/mol. The number of carboxylic acids is 1. The molecule has 0 radical (unpaired) electrons. The minimum Gasteiger partial charge on any atom is -0.480 e. The first-order valence-corrected chi connectivity index (χ1v) is 7.16. The Kier molecular flexibility index (Phi) is 5.82. The second-order valence-corrected chi connectivity index (χ2v) is 5.61. The summed E-state index contributed by atoms with van der Waals surface area (Å²) in [4.78, 5) is 23.8. The summed E-state index contributed by atoms with van der Waals surface area (Å²) in [5.74, 6) is -1.17. The number of carbonyl (C=O) groups is 2. The van der Waals surface area contributed by atoms with E-state index in [1.807, 2.05) is 11.4 Å². The maximum absolute atomic E-state index is 11.7. The average molecular weight is 284 g/mol. The number of carbonyl (C=O) groups excluding carboxylic acids is 1. The normalized spacial score (nSPS) is 12.2. The Morgan fingerprint density at radius 3 is 2.63 bits per heavy atom. The van der Waals surface area contributed by atoms with Crippen LogP contribution >= 0.6 is 11.3 Å². The molecule has 1 aromatic heterocycles. The number of carboxylic acid groups (broad SMARTS) is 1. The maximum atomic E-state index is 11.7. The highest BCUT2D eigenvalue weighted by Gasteiger charge is 2.23. The SMILES string of the molecule is CCc1ccsc1CNC(=O)NC(C(=O)O)C(C)C. The van der Waals surface area contributed by atoms with Crippen molar-refractivity contribution in [3.63, 3.8) is 0 Å². The van der Waals surface area contributed by atoms with Crippen molar-refractivity contribution < 1.29 is 14.7 Å². The molecule has 0 aliphatic carbocycles. The summed E-state index contributed by atoms with van der Waals surface area (Å²) >= 11 is 1.59. The van der Waals surface area contributed by atoms with Crippen LogP contribution in [0.4, 0.5) is 4.79 Å². The van der Waals surface area contributed by atoms with Gasteiger partial charge in [0, 0.05) is 4.88 Å². The van der Waals surface area contributed by atoms with E-state index in [0.29, 0.717) is 6.54 Å². The molecule has 0 aliphatic heterocycles. The van der Waals surface area contributed by atoms with Crippen molar-refractivity contribution in [2.24, 2.45) is 5.92 Å². The lowest BCUT2D eigenvalue weighted by Crippen LogP contribution is -2.48. The Balaban J connectivity index is 2.49. The van der Waals surface area contributed by atoms with Crippen LogP contribution in [0.2, 0.25) is 0 Å². The lowest BCUT2D eigenvalue weighted by molar-refractivity contribution is -0.140. The molecule has 1 rings (SSSR count). The van der Waals surface area contributed by atoms with Crippen molar-refractivity contribution >= 4 is 23.3 Å². The number of thiophene rings is 1. The summed E-state index contributed by atoms with van der Waals surface area (Å²) in [6, 6.07) is 0.721. The molecule has 1 unspecified atom stereocenters. The Labute approximate surface area is 117 Å². The first-order valence-electron chi connectivity index (χ1n) is 6.28. The van der Waals surface area contributed by atoms with Crippen LogP contribution in [0, 0.1) is 5.92 Å². The maximum Gasteiger partial charge on any atom is 0.326 e. The molecule has 19 heavy (non-hydrogen) atoms. The molecule has 1 atom stereocenters. The van der Waals surface area contributed by atoms with Crippen LogP contribution in [0.15, 0.2) is 11.4 Å². The standard InChI is InChI=1S/C13H20N2O3S/c1-4-9-5-6-19-10(9)7-14-13(18)15-11(8(2)3)12(16)17/h5-6,8,11H,4,7H2,1-3H3,(H,16,17)(H2,14,15,18). The Hall–Kier alpha value is -1.56. The van der Waals surface area contributed by atoms with E-state index in [9.17, 15) is 9.59 Å². The number of rotatable bonds is 6. The highest BCUT2D eigenvalue weighted by Crippen LogP contribution is 2.16. The Bertz CT molecular complexity index is 443. The molecule has 0 fully saturated rings. The molecule has 2 amide bonds. The molecule has 3 N–H and O–H groups in total. The number of hydrogen-bond donors (Lipinski definition) is 3. The fourth-order valence-corrected chi connectivity index (χ4v) is 2.62. The van der Waals surface area contributed by atoms with E-state index in [-0.39, 0.29) is 5.92 Å². The van der Waals surface area contributed by atoms with Crippen LogP contribution < -0.4 is 10.6 Å². The first kappa shape index (κ1) is 15.5. The van der Waals surface area contributed by atoms with Crippen molar-refractivity contribution in [1.82, 2.24) is 10.6 Å². The summed E-state index contributed by atoms with van der Waals surface area (Å²) in [5, 5.41) is 16.1. The monoisotopic (exact) mass is 284 g/mol.